The van der Waals surface area contributed by atoms with Gasteiger partial charge in [0.1, 0.15) is 0 Å². The fourth-order valence-corrected chi connectivity index (χ4v) is 3.82. The minimum atomic E-state index is -0.394. The first-order valence-corrected chi connectivity index (χ1v) is 9.74. The summed E-state index contributed by atoms with van der Waals surface area (Å²) in [5.41, 5.74) is 1.51. The number of carbonyl (C=O) groups is 2. The van der Waals surface area contributed by atoms with Crippen LogP contribution in [0.25, 0.3) is 5.52 Å². The minimum absolute atomic E-state index is 0.128. The number of hydrogen-bond donors (Lipinski definition) is 1. The molecule has 6 nitrogen and oxygen atoms in total. The van der Waals surface area contributed by atoms with Crippen LogP contribution in [0.15, 0.2) is 48.7 Å². The number of amides is 2. The van der Waals surface area contributed by atoms with Crippen molar-refractivity contribution in [1.29, 1.82) is 0 Å². The van der Waals surface area contributed by atoms with Crippen LogP contribution in [0.4, 0.5) is 5.69 Å². The minimum Gasteiger partial charge on any atom is -0.337 e. The highest BCUT2D eigenvalue weighted by atomic mass is 35.5. The average Bonchev–Trinajstić information content (AvgIpc) is 3.07. The number of benzene rings is 1. The van der Waals surface area contributed by atoms with Crippen molar-refractivity contribution in [3.8, 4) is 0 Å². The van der Waals surface area contributed by atoms with E-state index in [-0.39, 0.29) is 11.7 Å². The maximum absolute atomic E-state index is 13.1. The maximum Gasteiger partial charge on any atom is 0.292 e. The second-order valence-corrected chi connectivity index (χ2v) is 7.64. The van der Waals surface area contributed by atoms with Crippen LogP contribution in [-0.2, 0) is 0 Å². The Morgan fingerprint density at radius 1 is 1.21 bits per heavy atom. The number of hydrogen-bond acceptors (Lipinski definition) is 3. The summed E-state index contributed by atoms with van der Waals surface area (Å²) in [6.07, 6.45) is 3.85. The summed E-state index contributed by atoms with van der Waals surface area (Å²) in [7, 11) is 0. The van der Waals surface area contributed by atoms with Crippen molar-refractivity contribution in [3.05, 3.63) is 65.2 Å². The highest BCUT2D eigenvalue weighted by Gasteiger charge is 2.27. The molecule has 3 aromatic rings. The van der Waals surface area contributed by atoms with E-state index >= 15 is 0 Å². The lowest BCUT2D eigenvalue weighted by Gasteiger charge is -2.30. The van der Waals surface area contributed by atoms with Crippen LogP contribution in [0, 0.1) is 5.92 Å². The Morgan fingerprint density at radius 3 is 2.86 bits per heavy atom. The SMILES string of the molecule is CC1CCCN(C(=O)c2nc(C(=O)Nc3cccc(Cl)c3)n3ccccc23)C1. The van der Waals surface area contributed by atoms with Gasteiger partial charge in [-0.2, -0.15) is 0 Å². The third-order valence-corrected chi connectivity index (χ3v) is 5.22. The van der Waals surface area contributed by atoms with E-state index in [4.69, 9.17) is 11.6 Å². The number of fused-ring (bicyclic) bond motifs is 1. The van der Waals surface area contributed by atoms with Crippen LogP contribution in [0.2, 0.25) is 5.02 Å². The zero-order chi connectivity index (χ0) is 19.7. The number of piperidine rings is 1. The molecule has 2 amide bonds. The number of halogens is 1. The predicted molar refractivity (Wildman–Crippen MR) is 109 cm³/mol. The molecule has 0 spiro atoms. The zero-order valence-corrected chi connectivity index (χ0v) is 16.3. The highest BCUT2D eigenvalue weighted by molar-refractivity contribution is 6.31. The van der Waals surface area contributed by atoms with E-state index in [1.165, 1.54) is 0 Å². The van der Waals surface area contributed by atoms with Crippen LogP contribution in [-0.4, -0.2) is 39.2 Å². The summed E-state index contributed by atoms with van der Waals surface area (Å²) in [5, 5.41) is 3.33. The van der Waals surface area contributed by atoms with Gasteiger partial charge in [0, 0.05) is 30.0 Å². The van der Waals surface area contributed by atoms with Gasteiger partial charge in [0.05, 0.1) is 5.52 Å². The van der Waals surface area contributed by atoms with Crippen molar-refractivity contribution in [1.82, 2.24) is 14.3 Å². The molecule has 3 heterocycles. The van der Waals surface area contributed by atoms with Crippen LogP contribution in [0.5, 0.6) is 0 Å². The predicted octanol–water partition coefficient (Wildman–Crippen LogP) is 4.11. The van der Waals surface area contributed by atoms with Gasteiger partial charge in [-0.3, -0.25) is 14.0 Å². The molecule has 0 aliphatic carbocycles. The van der Waals surface area contributed by atoms with E-state index in [9.17, 15) is 9.59 Å². The van der Waals surface area contributed by atoms with E-state index in [1.807, 2.05) is 23.1 Å². The number of nitrogens with zero attached hydrogens (tertiary/aromatic N) is 3. The lowest BCUT2D eigenvalue weighted by atomic mass is 10.00. The Labute approximate surface area is 168 Å². The normalized spacial score (nSPS) is 16.9. The first-order valence-electron chi connectivity index (χ1n) is 9.36. The molecule has 28 heavy (non-hydrogen) atoms. The summed E-state index contributed by atoms with van der Waals surface area (Å²) in [4.78, 5) is 32.2. The second kappa shape index (κ2) is 7.64. The molecule has 0 radical (unpaired) electrons. The van der Waals surface area contributed by atoms with Gasteiger partial charge in [-0.05, 0) is 49.1 Å². The zero-order valence-electron chi connectivity index (χ0n) is 15.6. The first-order chi connectivity index (χ1) is 13.5. The molecule has 2 aromatic heterocycles. The van der Waals surface area contributed by atoms with Crippen molar-refractivity contribution >= 4 is 34.6 Å². The van der Waals surface area contributed by atoms with Crippen LogP contribution in [0.3, 0.4) is 0 Å². The summed E-state index contributed by atoms with van der Waals surface area (Å²) >= 11 is 5.99. The van der Waals surface area contributed by atoms with E-state index in [2.05, 4.69) is 17.2 Å². The van der Waals surface area contributed by atoms with E-state index < -0.39 is 5.91 Å². The van der Waals surface area contributed by atoms with Crippen molar-refractivity contribution in [2.24, 2.45) is 5.92 Å². The molecule has 4 rings (SSSR count). The number of pyridine rings is 1. The molecule has 1 aromatic carbocycles. The fourth-order valence-electron chi connectivity index (χ4n) is 3.63. The number of likely N-dealkylation sites (tertiary alicyclic amines) is 1. The fraction of sp³-hybridized carbons (Fsp3) is 0.286. The number of nitrogens with one attached hydrogen (secondary N) is 1. The third-order valence-electron chi connectivity index (χ3n) is 4.98. The lowest BCUT2D eigenvalue weighted by molar-refractivity contribution is 0.0679. The monoisotopic (exact) mass is 396 g/mol. The Balaban J connectivity index is 1.68. The first kappa shape index (κ1) is 18.5. The molecule has 1 aliphatic heterocycles. The Hall–Kier alpha value is -2.86. The smallest absolute Gasteiger partial charge is 0.292 e. The maximum atomic E-state index is 13.1. The topological polar surface area (TPSA) is 66.7 Å². The van der Waals surface area contributed by atoms with Crippen LogP contribution >= 0.6 is 11.6 Å². The van der Waals surface area contributed by atoms with Crippen molar-refractivity contribution in [2.45, 2.75) is 19.8 Å². The van der Waals surface area contributed by atoms with Gasteiger partial charge in [-0.25, -0.2) is 4.98 Å². The summed E-state index contributed by atoms with van der Waals surface area (Å²) in [6, 6.07) is 12.4. The molecule has 1 fully saturated rings. The third kappa shape index (κ3) is 3.60. The Morgan fingerprint density at radius 2 is 2.07 bits per heavy atom. The molecule has 7 heteroatoms. The Bertz CT molecular complexity index is 1050. The number of rotatable bonds is 3. The molecular formula is C21H21ClN4O2. The summed E-state index contributed by atoms with van der Waals surface area (Å²) in [6.45, 7) is 3.59. The van der Waals surface area contributed by atoms with E-state index in [0.29, 0.717) is 34.4 Å². The van der Waals surface area contributed by atoms with Gasteiger partial charge in [0.15, 0.2) is 5.69 Å². The van der Waals surface area contributed by atoms with Gasteiger partial charge in [0.25, 0.3) is 11.8 Å². The molecule has 1 N–H and O–H groups in total. The standard InChI is InChI=1S/C21H21ClN4O2/c1-14-6-5-10-25(13-14)21(28)18-17-9-2-3-11-26(17)19(24-18)20(27)23-16-8-4-7-15(22)12-16/h2-4,7-9,11-12,14H,5-6,10,13H2,1H3,(H,23,27). The van der Waals surface area contributed by atoms with Crippen LogP contribution < -0.4 is 5.32 Å². The Kier molecular flexibility index (Phi) is 5.05. The average molecular weight is 397 g/mol. The van der Waals surface area contributed by atoms with E-state index in [0.717, 1.165) is 19.4 Å². The largest absolute Gasteiger partial charge is 0.337 e. The highest BCUT2D eigenvalue weighted by Crippen LogP contribution is 2.22. The molecule has 0 saturated carbocycles. The molecule has 144 valence electrons. The van der Waals surface area contributed by atoms with Gasteiger partial charge in [-0.15, -0.1) is 0 Å². The number of aromatic nitrogens is 2. The number of carbonyl (C=O) groups excluding carboxylic acids is 2. The van der Waals surface area contributed by atoms with Gasteiger partial charge in [-0.1, -0.05) is 30.7 Å². The molecule has 1 saturated heterocycles. The quantitative estimate of drug-likeness (QED) is 0.724. The molecular weight excluding hydrogens is 376 g/mol. The summed E-state index contributed by atoms with van der Waals surface area (Å²) in [5.74, 6) is 0.118. The van der Waals surface area contributed by atoms with Crippen molar-refractivity contribution in [3.63, 3.8) is 0 Å². The van der Waals surface area contributed by atoms with Gasteiger partial charge < -0.3 is 10.2 Å². The second-order valence-electron chi connectivity index (χ2n) is 7.20. The van der Waals surface area contributed by atoms with E-state index in [1.54, 1.807) is 34.9 Å². The van der Waals surface area contributed by atoms with Gasteiger partial charge >= 0.3 is 0 Å². The molecule has 1 unspecified atom stereocenters. The number of imidazole rings is 1. The molecule has 1 atom stereocenters. The van der Waals surface area contributed by atoms with Crippen molar-refractivity contribution < 1.29 is 9.59 Å². The van der Waals surface area contributed by atoms with Gasteiger partial charge in [0.2, 0.25) is 5.82 Å². The number of anilines is 1. The van der Waals surface area contributed by atoms with Crippen molar-refractivity contribution in [2.75, 3.05) is 18.4 Å². The summed E-state index contributed by atoms with van der Waals surface area (Å²) < 4.78 is 1.65. The molecule has 1 aliphatic rings. The molecule has 0 bridgehead atoms. The lowest BCUT2D eigenvalue weighted by Crippen LogP contribution is -2.39. The van der Waals surface area contributed by atoms with Crippen LogP contribution in [0.1, 0.15) is 40.9 Å².